The second-order valence-electron chi connectivity index (χ2n) is 8.33. The summed E-state index contributed by atoms with van der Waals surface area (Å²) in [5.41, 5.74) is 1.32. The Morgan fingerprint density at radius 2 is 1.50 bits per heavy atom. The molecule has 0 atom stereocenters. The standard InChI is InChI=1S/C20H30O2/c1-15-9-11-16(12-10-15)20(13-7-8-14-20)22-17(21)19(5,6)18(2,3)4/h9-12H,7-8,13-14H2,1-6H3. The van der Waals surface area contributed by atoms with Crippen LogP contribution in [0.3, 0.4) is 0 Å². The van der Waals surface area contributed by atoms with Gasteiger partial charge in [0.1, 0.15) is 5.60 Å². The Morgan fingerprint density at radius 3 is 1.95 bits per heavy atom. The minimum atomic E-state index is -0.507. The van der Waals surface area contributed by atoms with Crippen LogP contribution >= 0.6 is 0 Å². The molecule has 0 saturated heterocycles. The van der Waals surface area contributed by atoms with Gasteiger partial charge in [0.15, 0.2) is 0 Å². The maximum Gasteiger partial charge on any atom is 0.312 e. The molecule has 0 aliphatic heterocycles. The Balaban J connectivity index is 2.30. The van der Waals surface area contributed by atoms with Crippen molar-refractivity contribution in [3.8, 4) is 0 Å². The van der Waals surface area contributed by atoms with E-state index < -0.39 is 11.0 Å². The minimum Gasteiger partial charge on any atom is -0.454 e. The Kier molecular flexibility index (Phi) is 4.43. The molecule has 0 heterocycles. The Labute approximate surface area is 135 Å². The number of carbonyl (C=O) groups is 1. The molecule has 0 bridgehead atoms. The molecule has 2 rings (SSSR count). The van der Waals surface area contributed by atoms with Gasteiger partial charge in [-0.3, -0.25) is 4.79 Å². The summed E-state index contributed by atoms with van der Waals surface area (Å²) in [6.45, 7) is 12.4. The van der Waals surface area contributed by atoms with Crippen molar-refractivity contribution in [1.29, 1.82) is 0 Å². The molecule has 122 valence electrons. The molecule has 0 amide bonds. The first kappa shape index (κ1) is 17.1. The number of hydrogen-bond acceptors (Lipinski definition) is 2. The van der Waals surface area contributed by atoms with Crippen LogP contribution in [0.2, 0.25) is 0 Å². The zero-order valence-corrected chi connectivity index (χ0v) is 15.0. The summed E-state index contributed by atoms with van der Waals surface area (Å²) < 4.78 is 6.18. The van der Waals surface area contributed by atoms with Crippen LogP contribution in [0.15, 0.2) is 24.3 Å². The fourth-order valence-electron chi connectivity index (χ4n) is 2.86. The van der Waals surface area contributed by atoms with Gasteiger partial charge in [0.25, 0.3) is 0 Å². The lowest BCUT2D eigenvalue weighted by Gasteiger charge is -2.40. The van der Waals surface area contributed by atoms with Crippen LogP contribution in [0.4, 0.5) is 0 Å². The van der Waals surface area contributed by atoms with Crippen molar-refractivity contribution in [2.45, 2.75) is 72.8 Å². The van der Waals surface area contributed by atoms with Crippen LogP contribution in [-0.2, 0) is 15.1 Å². The number of hydrogen-bond donors (Lipinski definition) is 0. The van der Waals surface area contributed by atoms with E-state index in [0.29, 0.717) is 0 Å². The lowest BCUT2D eigenvalue weighted by molar-refractivity contribution is -0.178. The van der Waals surface area contributed by atoms with Crippen LogP contribution in [0.5, 0.6) is 0 Å². The first-order valence-electron chi connectivity index (χ1n) is 8.39. The molecule has 2 heteroatoms. The van der Waals surface area contributed by atoms with Crippen molar-refractivity contribution >= 4 is 5.97 Å². The smallest absolute Gasteiger partial charge is 0.312 e. The number of ether oxygens (including phenoxy) is 1. The molecule has 1 aliphatic rings. The molecule has 0 radical (unpaired) electrons. The lowest BCUT2D eigenvalue weighted by Crippen LogP contribution is -2.43. The first-order chi connectivity index (χ1) is 10.1. The third-order valence-electron chi connectivity index (χ3n) is 5.66. The van der Waals surface area contributed by atoms with Crippen LogP contribution in [0.25, 0.3) is 0 Å². The van der Waals surface area contributed by atoms with Gasteiger partial charge in [-0.1, -0.05) is 50.6 Å². The highest BCUT2D eigenvalue weighted by molar-refractivity contribution is 5.77. The van der Waals surface area contributed by atoms with E-state index in [9.17, 15) is 4.79 Å². The molecule has 1 saturated carbocycles. The number of esters is 1. The Bertz CT molecular complexity index is 526. The highest BCUT2D eigenvalue weighted by Gasteiger charge is 2.47. The van der Waals surface area contributed by atoms with Gasteiger partial charge in [-0.25, -0.2) is 0 Å². The fraction of sp³-hybridized carbons (Fsp3) is 0.650. The summed E-state index contributed by atoms with van der Waals surface area (Å²) in [5, 5.41) is 0. The number of benzene rings is 1. The molecule has 1 aliphatic carbocycles. The van der Waals surface area contributed by atoms with Crippen molar-refractivity contribution in [3.05, 3.63) is 35.4 Å². The molecule has 0 aromatic heterocycles. The van der Waals surface area contributed by atoms with E-state index in [0.717, 1.165) is 31.2 Å². The molecular weight excluding hydrogens is 272 g/mol. The van der Waals surface area contributed by atoms with Crippen molar-refractivity contribution in [3.63, 3.8) is 0 Å². The van der Waals surface area contributed by atoms with Gasteiger partial charge in [-0.15, -0.1) is 0 Å². The molecule has 22 heavy (non-hydrogen) atoms. The van der Waals surface area contributed by atoms with Gasteiger partial charge in [0, 0.05) is 0 Å². The molecule has 2 nitrogen and oxygen atoms in total. The Hall–Kier alpha value is -1.31. The monoisotopic (exact) mass is 302 g/mol. The van der Waals surface area contributed by atoms with Gasteiger partial charge in [0.05, 0.1) is 5.41 Å². The van der Waals surface area contributed by atoms with Crippen LogP contribution in [-0.4, -0.2) is 5.97 Å². The molecule has 1 fully saturated rings. The molecular formula is C20H30O2. The molecule has 0 unspecified atom stereocenters. The Morgan fingerprint density at radius 1 is 1.00 bits per heavy atom. The first-order valence-corrected chi connectivity index (χ1v) is 8.39. The summed E-state index contributed by atoms with van der Waals surface area (Å²) >= 11 is 0. The van der Waals surface area contributed by atoms with Crippen molar-refractivity contribution in [1.82, 2.24) is 0 Å². The highest BCUT2D eigenvalue weighted by Crippen LogP contribution is 2.46. The van der Waals surface area contributed by atoms with Gasteiger partial charge in [0.2, 0.25) is 0 Å². The van der Waals surface area contributed by atoms with E-state index in [1.54, 1.807) is 0 Å². The predicted molar refractivity (Wildman–Crippen MR) is 90.7 cm³/mol. The summed E-state index contributed by atoms with van der Waals surface area (Å²) in [6.07, 6.45) is 4.11. The number of aryl methyl sites for hydroxylation is 1. The maximum atomic E-state index is 12.9. The van der Waals surface area contributed by atoms with Crippen LogP contribution in [0, 0.1) is 17.8 Å². The van der Waals surface area contributed by atoms with Crippen LogP contribution in [0.1, 0.15) is 71.4 Å². The second-order valence-corrected chi connectivity index (χ2v) is 8.33. The van der Waals surface area contributed by atoms with E-state index in [1.807, 2.05) is 13.8 Å². The van der Waals surface area contributed by atoms with E-state index in [4.69, 9.17) is 4.74 Å². The summed E-state index contributed by atoms with van der Waals surface area (Å²) in [6, 6.07) is 8.46. The lowest BCUT2D eigenvalue weighted by atomic mass is 9.69. The molecule has 0 spiro atoms. The minimum absolute atomic E-state index is 0.0810. The maximum absolute atomic E-state index is 12.9. The van der Waals surface area contributed by atoms with E-state index in [1.165, 1.54) is 5.56 Å². The zero-order valence-electron chi connectivity index (χ0n) is 15.0. The summed E-state index contributed by atoms with van der Waals surface area (Å²) in [4.78, 5) is 12.9. The van der Waals surface area contributed by atoms with Gasteiger partial charge >= 0.3 is 5.97 Å². The van der Waals surface area contributed by atoms with Crippen molar-refractivity contribution in [2.75, 3.05) is 0 Å². The third kappa shape index (κ3) is 3.06. The topological polar surface area (TPSA) is 26.3 Å². The second kappa shape index (κ2) is 5.72. The van der Waals surface area contributed by atoms with Crippen molar-refractivity contribution in [2.24, 2.45) is 10.8 Å². The molecule has 0 N–H and O–H groups in total. The third-order valence-corrected chi connectivity index (χ3v) is 5.66. The number of carbonyl (C=O) groups excluding carboxylic acids is 1. The van der Waals surface area contributed by atoms with E-state index in [-0.39, 0.29) is 11.4 Å². The van der Waals surface area contributed by atoms with Crippen molar-refractivity contribution < 1.29 is 9.53 Å². The zero-order chi connectivity index (χ0) is 16.6. The SMILES string of the molecule is Cc1ccc(C2(OC(=O)C(C)(C)C(C)(C)C)CCCC2)cc1. The molecule has 1 aromatic rings. The summed E-state index contributed by atoms with van der Waals surface area (Å²) in [5.74, 6) is -0.0810. The predicted octanol–water partition coefficient (Wildman–Crippen LogP) is 5.38. The summed E-state index contributed by atoms with van der Waals surface area (Å²) in [7, 11) is 0. The van der Waals surface area contributed by atoms with Crippen LogP contribution < -0.4 is 0 Å². The average molecular weight is 302 g/mol. The van der Waals surface area contributed by atoms with Gasteiger partial charge in [-0.05, 0) is 57.4 Å². The van der Waals surface area contributed by atoms with E-state index in [2.05, 4.69) is 52.0 Å². The molecule has 1 aromatic carbocycles. The normalized spacial score (nSPS) is 18.3. The highest BCUT2D eigenvalue weighted by atomic mass is 16.6. The largest absolute Gasteiger partial charge is 0.454 e. The quantitative estimate of drug-likeness (QED) is 0.701. The van der Waals surface area contributed by atoms with Gasteiger partial charge in [-0.2, -0.15) is 0 Å². The fourth-order valence-corrected chi connectivity index (χ4v) is 2.86. The average Bonchev–Trinajstić information content (AvgIpc) is 2.87. The van der Waals surface area contributed by atoms with E-state index >= 15 is 0 Å². The number of rotatable bonds is 3. The van der Waals surface area contributed by atoms with Gasteiger partial charge < -0.3 is 4.74 Å².